The van der Waals surface area contributed by atoms with Gasteiger partial charge in [-0.1, -0.05) is 37.5 Å². The van der Waals surface area contributed by atoms with Crippen molar-refractivity contribution < 1.29 is 9.47 Å². The Labute approximate surface area is 181 Å². The summed E-state index contributed by atoms with van der Waals surface area (Å²) in [6.07, 6.45) is 8.96. The number of hydrogen-bond donors (Lipinski definition) is 1. The van der Waals surface area contributed by atoms with Crippen LogP contribution in [-0.4, -0.2) is 80.4 Å². The van der Waals surface area contributed by atoms with Crippen molar-refractivity contribution in [2.75, 3.05) is 53.0 Å². The van der Waals surface area contributed by atoms with Gasteiger partial charge < -0.3 is 19.7 Å². The molecule has 4 rings (SSSR count). The Morgan fingerprint density at radius 2 is 1.77 bits per heavy atom. The van der Waals surface area contributed by atoms with Crippen LogP contribution in [0, 0.1) is 0 Å². The molecule has 6 nitrogen and oxygen atoms in total. The van der Waals surface area contributed by atoms with Gasteiger partial charge in [-0.3, -0.25) is 9.89 Å². The molecule has 3 aliphatic rings. The molecule has 3 fully saturated rings. The second-order valence-electron chi connectivity index (χ2n) is 8.90. The fourth-order valence-corrected chi connectivity index (χ4v) is 5.31. The van der Waals surface area contributed by atoms with Crippen LogP contribution in [0.3, 0.4) is 0 Å². The number of benzene rings is 1. The van der Waals surface area contributed by atoms with Crippen LogP contribution < -0.4 is 10.1 Å². The molecule has 1 aliphatic carbocycles. The largest absolute Gasteiger partial charge is 0.490 e. The molecular formula is C24H38N4O2. The molecule has 2 heterocycles. The van der Waals surface area contributed by atoms with E-state index in [1.807, 2.05) is 37.4 Å². The molecule has 0 atom stereocenters. The van der Waals surface area contributed by atoms with Crippen molar-refractivity contribution in [3.8, 4) is 5.75 Å². The molecule has 6 heteroatoms. The summed E-state index contributed by atoms with van der Waals surface area (Å²) in [5.74, 6) is 2.02. The molecule has 30 heavy (non-hydrogen) atoms. The number of nitrogens with zero attached hydrogens (tertiary/aromatic N) is 3. The summed E-state index contributed by atoms with van der Waals surface area (Å²) in [5, 5.41) is 3.76. The number of aliphatic imine (C=N–C) groups is 1. The highest BCUT2D eigenvalue weighted by Gasteiger charge is 2.39. The molecule has 2 aliphatic heterocycles. The minimum Gasteiger partial charge on any atom is -0.490 e. The highest BCUT2D eigenvalue weighted by atomic mass is 16.5. The second kappa shape index (κ2) is 10.5. The smallest absolute Gasteiger partial charge is 0.193 e. The molecule has 0 radical (unpaired) electrons. The summed E-state index contributed by atoms with van der Waals surface area (Å²) in [6, 6.07) is 10.2. The molecule has 0 aromatic heterocycles. The highest BCUT2D eigenvalue weighted by molar-refractivity contribution is 5.80. The van der Waals surface area contributed by atoms with Gasteiger partial charge in [0.15, 0.2) is 5.96 Å². The van der Waals surface area contributed by atoms with Crippen LogP contribution in [0.15, 0.2) is 35.3 Å². The van der Waals surface area contributed by atoms with E-state index in [1.54, 1.807) is 0 Å². The number of guanidine groups is 1. The Bertz CT molecular complexity index is 661. The van der Waals surface area contributed by atoms with Crippen molar-refractivity contribution in [1.82, 2.24) is 15.1 Å². The fraction of sp³-hybridized carbons (Fsp3) is 0.708. The van der Waals surface area contributed by atoms with Crippen molar-refractivity contribution in [2.24, 2.45) is 4.99 Å². The quantitative estimate of drug-likeness (QED) is 0.593. The molecule has 1 aromatic rings. The first-order valence-corrected chi connectivity index (χ1v) is 11.8. The summed E-state index contributed by atoms with van der Waals surface area (Å²) in [6.45, 7) is 6.81. The lowest BCUT2D eigenvalue weighted by atomic mass is 9.79. The number of likely N-dealkylation sites (tertiary alicyclic amines) is 1. The van der Waals surface area contributed by atoms with Crippen molar-refractivity contribution >= 4 is 5.96 Å². The maximum Gasteiger partial charge on any atom is 0.193 e. The normalized spacial score (nSPS) is 23.9. The van der Waals surface area contributed by atoms with E-state index in [4.69, 9.17) is 9.47 Å². The van der Waals surface area contributed by atoms with E-state index >= 15 is 0 Å². The molecule has 0 amide bonds. The highest BCUT2D eigenvalue weighted by Crippen LogP contribution is 2.34. The minimum absolute atomic E-state index is 0.257. The van der Waals surface area contributed by atoms with E-state index in [9.17, 15) is 0 Å². The summed E-state index contributed by atoms with van der Waals surface area (Å²) in [4.78, 5) is 9.72. The van der Waals surface area contributed by atoms with Crippen LogP contribution in [0.4, 0.5) is 0 Å². The van der Waals surface area contributed by atoms with Gasteiger partial charge in [-0.25, -0.2) is 0 Å². The average molecular weight is 415 g/mol. The Morgan fingerprint density at radius 1 is 1.07 bits per heavy atom. The van der Waals surface area contributed by atoms with E-state index in [0.717, 1.165) is 70.5 Å². The lowest BCUT2D eigenvalue weighted by molar-refractivity contribution is -0.0355. The molecule has 2 saturated heterocycles. The monoisotopic (exact) mass is 414 g/mol. The zero-order valence-electron chi connectivity index (χ0n) is 18.5. The van der Waals surface area contributed by atoms with Gasteiger partial charge in [0, 0.05) is 58.2 Å². The van der Waals surface area contributed by atoms with E-state index in [1.165, 1.54) is 32.1 Å². The summed E-state index contributed by atoms with van der Waals surface area (Å²) in [7, 11) is 1.91. The lowest BCUT2D eigenvalue weighted by Crippen LogP contribution is -2.61. The topological polar surface area (TPSA) is 49.3 Å². The van der Waals surface area contributed by atoms with Gasteiger partial charge in [0.25, 0.3) is 0 Å². The number of hydrogen-bond acceptors (Lipinski definition) is 4. The third kappa shape index (κ3) is 5.27. The standard InChI is InChI=1S/C24H38N4O2/c1-25-23(27-14-10-22(11-15-27)30-21-8-4-2-5-9-21)26-20-24(12-6-3-7-13-24)28-16-18-29-19-17-28/h2,4-5,8-9,22H,3,6-7,10-20H2,1H3,(H,25,26). The maximum atomic E-state index is 6.16. The van der Waals surface area contributed by atoms with E-state index in [-0.39, 0.29) is 5.54 Å². The third-order valence-corrected chi connectivity index (χ3v) is 7.04. The molecule has 1 aromatic carbocycles. The van der Waals surface area contributed by atoms with Gasteiger partial charge in [-0.2, -0.15) is 0 Å². The van der Waals surface area contributed by atoms with Crippen LogP contribution in [0.2, 0.25) is 0 Å². The number of rotatable bonds is 5. The second-order valence-corrected chi connectivity index (χ2v) is 8.90. The van der Waals surface area contributed by atoms with Crippen molar-refractivity contribution in [3.05, 3.63) is 30.3 Å². The Morgan fingerprint density at radius 3 is 2.43 bits per heavy atom. The molecule has 0 unspecified atom stereocenters. The number of morpholine rings is 1. The van der Waals surface area contributed by atoms with Gasteiger partial charge in [0.1, 0.15) is 11.9 Å². The zero-order valence-corrected chi connectivity index (χ0v) is 18.5. The predicted molar refractivity (Wildman–Crippen MR) is 121 cm³/mol. The summed E-state index contributed by atoms with van der Waals surface area (Å²) >= 11 is 0. The SMILES string of the molecule is CN=C(NCC1(N2CCOCC2)CCCCC1)N1CCC(Oc2ccccc2)CC1. The first kappa shape index (κ1) is 21.4. The third-order valence-electron chi connectivity index (χ3n) is 7.04. The van der Waals surface area contributed by atoms with Gasteiger partial charge in [0.2, 0.25) is 0 Å². The molecular weight excluding hydrogens is 376 g/mol. The van der Waals surface area contributed by atoms with Crippen LogP contribution in [-0.2, 0) is 4.74 Å². The maximum absolute atomic E-state index is 6.16. The van der Waals surface area contributed by atoms with Crippen molar-refractivity contribution in [3.63, 3.8) is 0 Å². The fourth-order valence-electron chi connectivity index (χ4n) is 5.31. The van der Waals surface area contributed by atoms with E-state index in [2.05, 4.69) is 20.1 Å². The van der Waals surface area contributed by atoms with Gasteiger partial charge in [-0.15, -0.1) is 0 Å². The number of nitrogens with one attached hydrogen (secondary N) is 1. The number of ether oxygens (including phenoxy) is 2. The van der Waals surface area contributed by atoms with Crippen LogP contribution in [0.1, 0.15) is 44.9 Å². The van der Waals surface area contributed by atoms with E-state index < -0.39 is 0 Å². The lowest BCUT2D eigenvalue weighted by Gasteiger charge is -2.48. The number of piperidine rings is 1. The Hall–Kier alpha value is -1.79. The first-order valence-electron chi connectivity index (χ1n) is 11.8. The van der Waals surface area contributed by atoms with Gasteiger partial charge in [0.05, 0.1) is 13.2 Å². The first-order chi connectivity index (χ1) is 14.8. The van der Waals surface area contributed by atoms with Gasteiger partial charge in [-0.05, 0) is 25.0 Å². The molecule has 1 N–H and O–H groups in total. The molecule has 0 bridgehead atoms. The molecule has 166 valence electrons. The number of para-hydroxylation sites is 1. The van der Waals surface area contributed by atoms with Gasteiger partial charge >= 0.3 is 0 Å². The molecule has 0 spiro atoms. The summed E-state index contributed by atoms with van der Waals surface area (Å²) in [5.41, 5.74) is 0.257. The van der Waals surface area contributed by atoms with E-state index in [0.29, 0.717) is 6.10 Å². The average Bonchev–Trinajstić information content (AvgIpc) is 2.82. The van der Waals surface area contributed by atoms with Crippen LogP contribution in [0.5, 0.6) is 5.75 Å². The Balaban J connectivity index is 1.30. The van der Waals surface area contributed by atoms with Crippen LogP contribution >= 0.6 is 0 Å². The van der Waals surface area contributed by atoms with Crippen molar-refractivity contribution in [1.29, 1.82) is 0 Å². The summed E-state index contributed by atoms with van der Waals surface area (Å²) < 4.78 is 11.8. The van der Waals surface area contributed by atoms with Crippen LogP contribution in [0.25, 0.3) is 0 Å². The molecule has 1 saturated carbocycles. The Kier molecular flexibility index (Phi) is 7.50. The van der Waals surface area contributed by atoms with Crippen molar-refractivity contribution in [2.45, 2.75) is 56.6 Å². The predicted octanol–water partition coefficient (Wildman–Crippen LogP) is 3.14. The zero-order chi connectivity index (χ0) is 20.7. The minimum atomic E-state index is 0.257.